The van der Waals surface area contributed by atoms with Crippen molar-refractivity contribution in [3.8, 4) is 5.75 Å². The Morgan fingerprint density at radius 1 is 1.21 bits per heavy atom. The summed E-state index contributed by atoms with van der Waals surface area (Å²) in [6, 6.07) is 13.1. The predicted molar refractivity (Wildman–Crippen MR) is 89.2 cm³/mol. The highest BCUT2D eigenvalue weighted by molar-refractivity contribution is 6.12. The van der Waals surface area contributed by atoms with Gasteiger partial charge in [-0.3, -0.25) is 0 Å². The first-order valence-corrected chi connectivity index (χ1v) is 7.67. The van der Waals surface area contributed by atoms with Crippen LogP contribution in [-0.4, -0.2) is 18.5 Å². The molecule has 0 aliphatic carbocycles. The number of carbonyl (C=O) groups is 1. The van der Waals surface area contributed by atoms with E-state index in [0.717, 1.165) is 17.7 Å². The van der Waals surface area contributed by atoms with Crippen molar-refractivity contribution in [2.45, 2.75) is 13.3 Å². The van der Waals surface area contributed by atoms with Crippen molar-refractivity contribution in [1.82, 2.24) is 0 Å². The van der Waals surface area contributed by atoms with Crippen LogP contribution in [-0.2, 0) is 9.53 Å². The minimum atomic E-state index is -0.555. The van der Waals surface area contributed by atoms with Crippen LogP contribution in [0.3, 0.4) is 0 Å². The molecule has 5 heteroatoms. The number of esters is 1. The highest BCUT2D eigenvalue weighted by Gasteiger charge is 2.24. The molecule has 3 rings (SSSR count). The number of carbonyl (C=O) groups excluding carboxylic acids is 1. The van der Waals surface area contributed by atoms with Gasteiger partial charge >= 0.3 is 5.97 Å². The molecule has 0 aromatic heterocycles. The normalized spacial score (nSPS) is 15.3. The third kappa shape index (κ3) is 3.68. The van der Waals surface area contributed by atoms with Crippen molar-refractivity contribution < 1.29 is 18.7 Å². The molecule has 0 fully saturated rings. The van der Waals surface area contributed by atoms with E-state index >= 15 is 0 Å². The molecule has 1 aliphatic heterocycles. The van der Waals surface area contributed by atoms with E-state index in [1.54, 1.807) is 12.1 Å². The summed E-state index contributed by atoms with van der Waals surface area (Å²) in [6.07, 6.45) is 2.56. The molecule has 0 N–H and O–H groups in total. The van der Waals surface area contributed by atoms with Gasteiger partial charge in [0.05, 0.1) is 6.61 Å². The molecule has 1 aliphatic rings. The lowest BCUT2D eigenvalue weighted by atomic mass is 10.2. The zero-order valence-corrected chi connectivity index (χ0v) is 13.2. The second-order valence-electron chi connectivity index (χ2n) is 5.26. The Labute approximate surface area is 139 Å². The van der Waals surface area contributed by atoms with E-state index in [2.05, 4.69) is 4.99 Å². The molecule has 0 unspecified atom stereocenters. The number of hydrogen-bond acceptors (Lipinski definition) is 4. The van der Waals surface area contributed by atoms with Gasteiger partial charge < -0.3 is 9.47 Å². The van der Waals surface area contributed by atoms with Gasteiger partial charge in [-0.15, -0.1) is 0 Å². The standard InChI is InChI=1S/C19H16FNO3/c1-2-10-23-16-8-6-13(7-9-16)11-17-19(22)24-18(21-17)14-4-3-5-15(20)12-14/h3-9,11-12H,2,10H2,1H3. The van der Waals surface area contributed by atoms with Crippen LogP contribution in [0.2, 0.25) is 0 Å². The van der Waals surface area contributed by atoms with Gasteiger partial charge in [0.15, 0.2) is 5.70 Å². The first-order valence-electron chi connectivity index (χ1n) is 7.67. The molecule has 0 radical (unpaired) electrons. The van der Waals surface area contributed by atoms with Gasteiger partial charge in [0.1, 0.15) is 11.6 Å². The third-order valence-electron chi connectivity index (χ3n) is 3.35. The smallest absolute Gasteiger partial charge is 0.363 e. The molecule has 0 amide bonds. The molecule has 0 saturated heterocycles. The lowest BCUT2D eigenvalue weighted by Gasteiger charge is -2.04. The maximum absolute atomic E-state index is 13.3. The minimum absolute atomic E-state index is 0.105. The fourth-order valence-corrected chi connectivity index (χ4v) is 2.19. The van der Waals surface area contributed by atoms with Crippen LogP contribution in [0.25, 0.3) is 6.08 Å². The maximum atomic E-state index is 13.3. The number of halogens is 1. The summed E-state index contributed by atoms with van der Waals surface area (Å²) in [7, 11) is 0. The lowest BCUT2D eigenvalue weighted by Crippen LogP contribution is -2.05. The molecular weight excluding hydrogens is 309 g/mol. The predicted octanol–water partition coefficient (Wildman–Crippen LogP) is 3.96. The van der Waals surface area contributed by atoms with E-state index in [1.165, 1.54) is 18.2 Å². The van der Waals surface area contributed by atoms with Gasteiger partial charge in [-0.2, -0.15) is 0 Å². The van der Waals surface area contributed by atoms with Crippen LogP contribution < -0.4 is 4.74 Å². The SMILES string of the molecule is CCCOc1ccc(C=C2N=C(c3cccc(F)c3)OC2=O)cc1. The molecule has 0 bridgehead atoms. The Morgan fingerprint density at radius 2 is 2.00 bits per heavy atom. The van der Waals surface area contributed by atoms with E-state index in [4.69, 9.17) is 9.47 Å². The largest absolute Gasteiger partial charge is 0.494 e. The minimum Gasteiger partial charge on any atom is -0.494 e. The van der Waals surface area contributed by atoms with Gasteiger partial charge in [0.2, 0.25) is 5.90 Å². The zero-order valence-electron chi connectivity index (χ0n) is 13.2. The number of hydrogen-bond donors (Lipinski definition) is 0. The van der Waals surface area contributed by atoms with Gasteiger partial charge in [-0.1, -0.05) is 25.1 Å². The Balaban J connectivity index is 1.80. The first kappa shape index (κ1) is 15.9. The highest BCUT2D eigenvalue weighted by Crippen LogP contribution is 2.21. The van der Waals surface area contributed by atoms with Gasteiger partial charge in [-0.25, -0.2) is 14.2 Å². The molecule has 122 valence electrons. The molecule has 2 aromatic rings. The van der Waals surface area contributed by atoms with Crippen molar-refractivity contribution in [3.05, 3.63) is 71.2 Å². The van der Waals surface area contributed by atoms with Gasteiger partial charge in [0, 0.05) is 5.56 Å². The van der Waals surface area contributed by atoms with E-state index in [-0.39, 0.29) is 11.6 Å². The first-order chi connectivity index (χ1) is 11.7. The molecule has 0 saturated carbocycles. The summed E-state index contributed by atoms with van der Waals surface area (Å²) < 4.78 is 23.9. The van der Waals surface area contributed by atoms with Crippen LogP contribution in [0.5, 0.6) is 5.75 Å². The summed E-state index contributed by atoms with van der Waals surface area (Å²) in [6.45, 7) is 2.70. The summed E-state index contributed by atoms with van der Waals surface area (Å²) in [5, 5.41) is 0. The molecule has 1 heterocycles. The van der Waals surface area contributed by atoms with Gasteiger partial charge in [-0.05, 0) is 48.4 Å². The van der Waals surface area contributed by atoms with Crippen LogP contribution in [0.1, 0.15) is 24.5 Å². The van der Waals surface area contributed by atoms with Crippen LogP contribution in [0, 0.1) is 5.82 Å². The van der Waals surface area contributed by atoms with E-state index in [9.17, 15) is 9.18 Å². The summed E-state index contributed by atoms with van der Waals surface area (Å²) >= 11 is 0. The number of rotatable bonds is 5. The Bertz CT molecular complexity index is 810. The number of ether oxygens (including phenoxy) is 2. The topological polar surface area (TPSA) is 47.9 Å². The summed E-state index contributed by atoms with van der Waals surface area (Å²) in [5.41, 5.74) is 1.40. The second-order valence-corrected chi connectivity index (χ2v) is 5.26. The molecule has 24 heavy (non-hydrogen) atoms. The molecule has 2 aromatic carbocycles. The summed E-state index contributed by atoms with van der Waals surface area (Å²) in [5.74, 6) is -0.0856. The second kappa shape index (κ2) is 7.08. The monoisotopic (exact) mass is 325 g/mol. The van der Waals surface area contributed by atoms with Crippen LogP contribution in [0.15, 0.2) is 59.2 Å². The summed E-state index contributed by atoms with van der Waals surface area (Å²) in [4.78, 5) is 16.1. The fourth-order valence-electron chi connectivity index (χ4n) is 2.19. The van der Waals surface area contributed by atoms with E-state index in [0.29, 0.717) is 12.2 Å². The van der Waals surface area contributed by atoms with Crippen molar-refractivity contribution >= 4 is 17.9 Å². The van der Waals surface area contributed by atoms with Crippen molar-refractivity contribution in [2.75, 3.05) is 6.61 Å². The highest BCUT2D eigenvalue weighted by atomic mass is 19.1. The van der Waals surface area contributed by atoms with Crippen LogP contribution in [0.4, 0.5) is 4.39 Å². The fraction of sp³-hybridized carbons (Fsp3) is 0.158. The van der Waals surface area contributed by atoms with Gasteiger partial charge in [0.25, 0.3) is 0 Å². The van der Waals surface area contributed by atoms with Crippen LogP contribution >= 0.6 is 0 Å². The molecular formula is C19H16FNO3. The quantitative estimate of drug-likeness (QED) is 0.617. The average molecular weight is 325 g/mol. The number of aliphatic imine (C=N–C) groups is 1. The lowest BCUT2D eigenvalue weighted by molar-refractivity contribution is -0.129. The Hall–Kier alpha value is -2.95. The number of benzene rings is 2. The Morgan fingerprint density at radius 3 is 2.71 bits per heavy atom. The maximum Gasteiger partial charge on any atom is 0.363 e. The van der Waals surface area contributed by atoms with Crippen molar-refractivity contribution in [2.24, 2.45) is 4.99 Å². The molecule has 4 nitrogen and oxygen atoms in total. The zero-order chi connectivity index (χ0) is 16.9. The third-order valence-corrected chi connectivity index (χ3v) is 3.35. The van der Waals surface area contributed by atoms with Crippen molar-refractivity contribution in [1.29, 1.82) is 0 Å². The number of nitrogens with zero attached hydrogens (tertiary/aromatic N) is 1. The van der Waals surface area contributed by atoms with E-state index < -0.39 is 11.8 Å². The average Bonchev–Trinajstić information content (AvgIpc) is 2.95. The van der Waals surface area contributed by atoms with E-state index in [1.807, 2.05) is 31.2 Å². The number of cyclic esters (lactones) is 1. The Kier molecular flexibility index (Phi) is 4.70. The molecule has 0 spiro atoms. The molecule has 0 atom stereocenters. The van der Waals surface area contributed by atoms with Crippen molar-refractivity contribution in [3.63, 3.8) is 0 Å².